The molecule has 2 aromatic rings. The Labute approximate surface area is 122 Å². The van der Waals surface area contributed by atoms with Crippen LogP contribution in [0, 0.1) is 25.2 Å². The van der Waals surface area contributed by atoms with Crippen molar-refractivity contribution < 1.29 is 9.53 Å². The molecule has 1 heterocycles. The highest BCUT2D eigenvalue weighted by atomic mass is 16.5. The van der Waals surface area contributed by atoms with Gasteiger partial charge >= 0.3 is 5.97 Å². The quantitative estimate of drug-likeness (QED) is 0.862. The fourth-order valence-corrected chi connectivity index (χ4v) is 1.95. The van der Waals surface area contributed by atoms with Crippen LogP contribution in [-0.2, 0) is 22.7 Å². The number of carbonyl (C=O) groups excluding carboxylic acids is 1. The van der Waals surface area contributed by atoms with Gasteiger partial charge in [0.1, 0.15) is 13.2 Å². The number of benzene rings is 1. The van der Waals surface area contributed by atoms with E-state index in [1.165, 1.54) is 4.68 Å². The maximum absolute atomic E-state index is 11.9. The molecule has 0 saturated carbocycles. The highest BCUT2D eigenvalue weighted by Crippen LogP contribution is 2.15. The van der Waals surface area contributed by atoms with E-state index >= 15 is 0 Å². The maximum Gasteiger partial charge on any atom is 0.328 e. The number of nitrogens with zero attached hydrogens (tertiary/aromatic N) is 3. The van der Waals surface area contributed by atoms with E-state index in [1.54, 1.807) is 38.1 Å². The molecule has 0 spiro atoms. The van der Waals surface area contributed by atoms with Gasteiger partial charge in [-0.25, -0.2) is 0 Å². The van der Waals surface area contributed by atoms with Crippen molar-refractivity contribution in [2.75, 3.05) is 5.73 Å². The molecule has 1 aromatic carbocycles. The molecule has 0 radical (unpaired) electrons. The second-order valence-corrected chi connectivity index (χ2v) is 4.67. The molecule has 6 nitrogen and oxygen atoms in total. The third-order valence-electron chi connectivity index (χ3n) is 3.24. The number of ether oxygens (including phenoxy) is 1. The van der Waals surface area contributed by atoms with Crippen LogP contribution in [0.5, 0.6) is 0 Å². The lowest BCUT2D eigenvalue weighted by molar-refractivity contribution is -0.145. The first kappa shape index (κ1) is 14.6. The highest BCUT2D eigenvalue weighted by molar-refractivity contribution is 5.69. The molecule has 108 valence electrons. The summed E-state index contributed by atoms with van der Waals surface area (Å²) in [6.45, 7) is 3.65. The third-order valence-corrected chi connectivity index (χ3v) is 3.24. The summed E-state index contributed by atoms with van der Waals surface area (Å²) in [5.74, 6) is -0.423. The number of rotatable bonds is 4. The topological polar surface area (TPSA) is 93.9 Å². The Morgan fingerprint density at radius 2 is 2.14 bits per heavy atom. The van der Waals surface area contributed by atoms with Crippen LogP contribution in [0.1, 0.15) is 22.5 Å². The Kier molecular flexibility index (Phi) is 4.24. The Morgan fingerprint density at radius 3 is 2.76 bits per heavy atom. The molecular weight excluding hydrogens is 268 g/mol. The second-order valence-electron chi connectivity index (χ2n) is 4.67. The number of nitrogen functional groups attached to an aromatic ring is 1. The molecule has 0 atom stereocenters. The summed E-state index contributed by atoms with van der Waals surface area (Å²) in [6, 6.07) is 9.07. The second kappa shape index (κ2) is 6.09. The van der Waals surface area contributed by atoms with Crippen molar-refractivity contribution in [3.05, 3.63) is 46.8 Å². The first-order chi connectivity index (χ1) is 10.0. The zero-order valence-electron chi connectivity index (χ0n) is 12.0. The zero-order valence-corrected chi connectivity index (χ0v) is 12.0. The van der Waals surface area contributed by atoms with Crippen molar-refractivity contribution in [2.24, 2.45) is 0 Å². The molecule has 0 saturated heterocycles. The number of aryl methyl sites for hydroxylation is 1. The Balaban J connectivity index is 2.00. The number of anilines is 1. The number of esters is 1. The summed E-state index contributed by atoms with van der Waals surface area (Å²) in [5.41, 5.74) is 9.00. The molecule has 2 rings (SSSR count). The fourth-order valence-electron chi connectivity index (χ4n) is 1.95. The van der Waals surface area contributed by atoms with E-state index in [0.717, 1.165) is 5.69 Å². The van der Waals surface area contributed by atoms with Gasteiger partial charge in [0.2, 0.25) is 0 Å². The van der Waals surface area contributed by atoms with E-state index in [1.807, 2.05) is 0 Å². The van der Waals surface area contributed by atoms with Crippen LogP contribution in [0.15, 0.2) is 24.3 Å². The summed E-state index contributed by atoms with van der Waals surface area (Å²) >= 11 is 0. The molecule has 0 aliphatic rings. The summed E-state index contributed by atoms with van der Waals surface area (Å²) < 4.78 is 6.70. The average molecular weight is 284 g/mol. The predicted molar refractivity (Wildman–Crippen MR) is 77.1 cm³/mol. The van der Waals surface area contributed by atoms with Gasteiger partial charge in [-0.3, -0.25) is 9.48 Å². The summed E-state index contributed by atoms with van der Waals surface area (Å²) in [4.78, 5) is 11.9. The van der Waals surface area contributed by atoms with Crippen LogP contribution in [0.25, 0.3) is 0 Å². The minimum absolute atomic E-state index is 0.00140. The minimum Gasteiger partial charge on any atom is -0.459 e. The molecule has 0 amide bonds. The Morgan fingerprint density at radius 1 is 1.43 bits per heavy atom. The van der Waals surface area contributed by atoms with Gasteiger partial charge in [0, 0.05) is 5.56 Å². The Bertz CT molecular complexity index is 713. The van der Waals surface area contributed by atoms with E-state index in [4.69, 9.17) is 15.7 Å². The number of aromatic nitrogens is 2. The van der Waals surface area contributed by atoms with Gasteiger partial charge in [-0.05, 0) is 19.9 Å². The van der Waals surface area contributed by atoms with Gasteiger partial charge in [0.05, 0.1) is 28.7 Å². The molecule has 6 heteroatoms. The summed E-state index contributed by atoms with van der Waals surface area (Å²) in [6.07, 6.45) is 0. The van der Waals surface area contributed by atoms with E-state index in [2.05, 4.69) is 11.2 Å². The number of hydrogen-bond acceptors (Lipinski definition) is 5. The lowest BCUT2D eigenvalue weighted by Gasteiger charge is -2.07. The number of carbonyl (C=O) groups is 1. The maximum atomic E-state index is 11.9. The molecule has 1 aromatic heterocycles. The molecule has 0 aliphatic heterocycles. The van der Waals surface area contributed by atoms with E-state index in [9.17, 15) is 4.79 Å². The largest absolute Gasteiger partial charge is 0.459 e. The SMILES string of the molecule is Cc1nn(CC(=O)OCc2ccccc2C#N)c(C)c1N. The number of hydrogen-bond donors (Lipinski definition) is 1. The van der Waals surface area contributed by atoms with E-state index in [0.29, 0.717) is 22.5 Å². The standard InChI is InChI=1S/C15H16N4O2/c1-10-15(17)11(2)19(18-10)8-14(20)21-9-13-6-4-3-5-12(13)7-16/h3-6H,8-9,17H2,1-2H3. The average Bonchev–Trinajstić information content (AvgIpc) is 2.72. The van der Waals surface area contributed by atoms with E-state index in [-0.39, 0.29) is 13.2 Å². The monoisotopic (exact) mass is 284 g/mol. The van der Waals surface area contributed by atoms with Crippen molar-refractivity contribution >= 4 is 11.7 Å². The van der Waals surface area contributed by atoms with Gasteiger partial charge in [-0.15, -0.1) is 0 Å². The van der Waals surface area contributed by atoms with Gasteiger partial charge in [0.15, 0.2) is 0 Å². The van der Waals surface area contributed by atoms with Gasteiger partial charge < -0.3 is 10.5 Å². The molecule has 0 unspecified atom stereocenters. The molecule has 21 heavy (non-hydrogen) atoms. The molecule has 0 bridgehead atoms. The van der Waals surface area contributed by atoms with Crippen molar-refractivity contribution in [3.8, 4) is 6.07 Å². The van der Waals surface area contributed by atoms with Crippen LogP contribution < -0.4 is 5.73 Å². The van der Waals surface area contributed by atoms with Gasteiger partial charge in [0.25, 0.3) is 0 Å². The summed E-state index contributed by atoms with van der Waals surface area (Å²) in [5, 5.41) is 13.1. The van der Waals surface area contributed by atoms with Crippen LogP contribution in [-0.4, -0.2) is 15.7 Å². The van der Waals surface area contributed by atoms with Crippen molar-refractivity contribution in [3.63, 3.8) is 0 Å². The molecule has 0 fully saturated rings. The van der Waals surface area contributed by atoms with Crippen LogP contribution >= 0.6 is 0 Å². The number of nitrogens with two attached hydrogens (primary N) is 1. The molecule has 0 aliphatic carbocycles. The zero-order chi connectivity index (χ0) is 15.4. The van der Waals surface area contributed by atoms with E-state index < -0.39 is 5.97 Å². The minimum atomic E-state index is -0.423. The summed E-state index contributed by atoms with van der Waals surface area (Å²) in [7, 11) is 0. The fraction of sp³-hybridized carbons (Fsp3) is 0.267. The first-order valence-corrected chi connectivity index (χ1v) is 6.46. The van der Waals surface area contributed by atoms with Crippen LogP contribution in [0.3, 0.4) is 0 Å². The smallest absolute Gasteiger partial charge is 0.328 e. The normalized spacial score (nSPS) is 10.1. The first-order valence-electron chi connectivity index (χ1n) is 6.46. The molecular formula is C15H16N4O2. The van der Waals surface area contributed by atoms with Crippen molar-refractivity contribution in [1.82, 2.24) is 9.78 Å². The van der Waals surface area contributed by atoms with Crippen molar-refractivity contribution in [2.45, 2.75) is 27.0 Å². The lowest BCUT2D eigenvalue weighted by atomic mass is 10.1. The lowest BCUT2D eigenvalue weighted by Crippen LogP contribution is -2.16. The Hall–Kier alpha value is -2.81. The van der Waals surface area contributed by atoms with Gasteiger partial charge in [-0.1, -0.05) is 18.2 Å². The number of nitriles is 1. The van der Waals surface area contributed by atoms with Crippen LogP contribution in [0.2, 0.25) is 0 Å². The highest BCUT2D eigenvalue weighted by Gasteiger charge is 2.13. The predicted octanol–water partition coefficient (Wildman–Crippen LogP) is 1.70. The third kappa shape index (κ3) is 3.20. The van der Waals surface area contributed by atoms with Crippen LogP contribution in [0.4, 0.5) is 5.69 Å². The molecule has 2 N–H and O–H groups in total. The van der Waals surface area contributed by atoms with Crippen molar-refractivity contribution in [1.29, 1.82) is 5.26 Å². The van der Waals surface area contributed by atoms with Gasteiger partial charge in [-0.2, -0.15) is 10.4 Å².